The molecule has 0 fully saturated rings. The largest absolute Gasteiger partial charge is 0.314 e. The van der Waals surface area contributed by atoms with E-state index < -0.39 is 0 Å². The number of fused-ring (bicyclic) bond motifs is 2. The summed E-state index contributed by atoms with van der Waals surface area (Å²) in [6.45, 7) is 2.81. The van der Waals surface area contributed by atoms with E-state index in [2.05, 4.69) is 27.8 Å². The molecule has 1 aliphatic rings. The zero-order valence-corrected chi connectivity index (χ0v) is 11.1. The maximum atomic E-state index is 13.5. The van der Waals surface area contributed by atoms with Crippen LogP contribution in [0.15, 0.2) is 47.5 Å². The third-order valence-electron chi connectivity index (χ3n) is 3.80. The van der Waals surface area contributed by atoms with E-state index in [1.165, 1.54) is 17.0 Å². The van der Waals surface area contributed by atoms with Crippen LogP contribution in [0.5, 0.6) is 0 Å². The first-order chi connectivity index (χ1) is 9.72. The zero-order valence-electron chi connectivity index (χ0n) is 11.1. The second-order valence-corrected chi connectivity index (χ2v) is 5.18. The summed E-state index contributed by atoms with van der Waals surface area (Å²) in [5.41, 5.74) is 5.47. The van der Waals surface area contributed by atoms with Crippen molar-refractivity contribution in [2.45, 2.75) is 13.5 Å². The van der Waals surface area contributed by atoms with Gasteiger partial charge in [0.2, 0.25) is 0 Å². The van der Waals surface area contributed by atoms with Crippen LogP contribution < -0.4 is 0 Å². The third-order valence-corrected chi connectivity index (χ3v) is 3.80. The number of benzene rings is 2. The van der Waals surface area contributed by atoms with Crippen molar-refractivity contribution in [2.24, 2.45) is 4.99 Å². The van der Waals surface area contributed by atoms with Gasteiger partial charge in [0.25, 0.3) is 0 Å². The fourth-order valence-corrected chi connectivity index (χ4v) is 2.91. The molecule has 0 spiro atoms. The molecule has 0 aliphatic carbocycles. The molecule has 2 nitrogen and oxygen atoms in total. The summed E-state index contributed by atoms with van der Waals surface area (Å²) >= 11 is 0. The van der Waals surface area contributed by atoms with Crippen molar-refractivity contribution >= 4 is 17.1 Å². The van der Waals surface area contributed by atoms with Gasteiger partial charge in [0.15, 0.2) is 0 Å². The molecular weight excluding hydrogens is 251 g/mol. The highest BCUT2D eigenvalue weighted by Crippen LogP contribution is 2.28. The molecule has 1 aromatic heterocycles. The van der Waals surface area contributed by atoms with Crippen LogP contribution in [0.25, 0.3) is 16.6 Å². The zero-order chi connectivity index (χ0) is 13.7. The Hall–Kier alpha value is -2.42. The van der Waals surface area contributed by atoms with E-state index in [1.54, 1.807) is 12.1 Å². The number of hydrogen-bond acceptors (Lipinski definition) is 1. The van der Waals surface area contributed by atoms with Gasteiger partial charge >= 0.3 is 0 Å². The SMILES string of the molecule is Cc1cc2cc3c(cc2n1-c1cccc(F)c1)C=NC3. The van der Waals surface area contributed by atoms with E-state index in [9.17, 15) is 4.39 Å². The maximum absolute atomic E-state index is 13.5. The molecule has 1 aliphatic heterocycles. The Morgan fingerprint density at radius 1 is 1.15 bits per heavy atom. The van der Waals surface area contributed by atoms with Crippen molar-refractivity contribution in [2.75, 3.05) is 0 Å². The second kappa shape index (κ2) is 4.04. The number of rotatable bonds is 1. The second-order valence-electron chi connectivity index (χ2n) is 5.18. The molecule has 0 saturated carbocycles. The van der Waals surface area contributed by atoms with Gasteiger partial charge in [0, 0.05) is 23.0 Å². The summed E-state index contributed by atoms with van der Waals surface area (Å²) in [5.74, 6) is -0.216. The Morgan fingerprint density at radius 3 is 2.90 bits per heavy atom. The van der Waals surface area contributed by atoms with Crippen LogP contribution in [0.4, 0.5) is 4.39 Å². The van der Waals surface area contributed by atoms with E-state index >= 15 is 0 Å². The van der Waals surface area contributed by atoms with Crippen molar-refractivity contribution in [3.8, 4) is 5.69 Å². The quantitative estimate of drug-likeness (QED) is 0.632. The molecule has 0 radical (unpaired) electrons. The molecular formula is C17H13FN2. The van der Waals surface area contributed by atoms with Crippen LogP contribution in [-0.4, -0.2) is 10.8 Å². The van der Waals surface area contributed by atoms with Crippen LogP contribution in [0.2, 0.25) is 0 Å². The molecule has 0 unspecified atom stereocenters. The molecule has 0 amide bonds. The Balaban J connectivity index is 2.03. The minimum Gasteiger partial charge on any atom is -0.314 e. The van der Waals surface area contributed by atoms with Crippen molar-refractivity contribution in [3.63, 3.8) is 0 Å². The number of aromatic nitrogens is 1. The van der Waals surface area contributed by atoms with Gasteiger partial charge in [0.1, 0.15) is 5.82 Å². The number of halogens is 1. The van der Waals surface area contributed by atoms with Gasteiger partial charge in [-0.3, -0.25) is 4.99 Å². The molecule has 0 N–H and O–H groups in total. The summed E-state index contributed by atoms with van der Waals surface area (Å²) < 4.78 is 15.6. The topological polar surface area (TPSA) is 17.3 Å². The van der Waals surface area contributed by atoms with Crippen LogP contribution in [0.3, 0.4) is 0 Å². The van der Waals surface area contributed by atoms with E-state index in [4.69, 9.17) is 0 Å². The lowest BCUT2D eigenvalue weighted by Gasteiger charge is -2.09. The average Bonchev–Trinajstić information content (AvgIpc) is 2.98. The van der Waals surface area contributed by atoms with Crippen molar-refractivity contribution in [1.82, 2.24) is 4.57 Å². The fraction of sp³-hybridized carbons (Fsp3) is 0.118. The van der Waals surface area contributed by atoms with Crippen LogP contribution in [0.1, 0.15) is 16.8 Å². The molecule has 98 valence electrons. The van der Waals surface area contributed by atoms with Gasteiger partial charge < -0.3 is 4.57 Å². The number of aliphatic imine (C=N–C) groups is 1. The summed E-state index contributed by atoms with van der Waals surface area (Å²) in [5, 5.41) is 1.18. The van der Waals surface area contributed by atoms with Crippen molar-refractivity contribution in [1.29, 1.82) is 0 Å². The average molecular weight is 264 g/mol. The monoisotopic (exact) mass is 264 g/mol. The molecule has 20 heavy (non-hydrogen) atoms. The number of hydrogen-bond donors (Lipinski definition) is 0. The Kier molecular flexibility index (Phi) is 2.30. The van der Waals surface area contributed by atoms with Crippen LogP contribution in [-0.2, 0) is 6.54 Å². The molecule has 0 atom stereocenters. The van der Waals surface area contributed by atoms with E-state index in [0.29, 0.717) is 0 Å². The summed E-state index contributed by atoms with van der Waals surface area (Å²) in [4.78, 5) is 4.30. The predicted molar refractivity (Wildman–Crippen MR) is 79.3 cm³/mol. The smallest absolute Gasteiger partial charge is 0.125 e. The molecule has 0 bridgehead atoms. The van der Waals surface area contributed by atoms with Gasteiger partial charge in [-0.1, -0.05) is 6.07 Å². The van der Waals surface area contributed by atoms with Crippen molar-refractivity contribution in [3.05, 3.63) is 65.1 Å². The minimum absolute atomic E-state index is 0.216. The van der Waals surface area contributed by atoms with Crippen LogP contribution >= 0.6 is 0 Å². The molecule has 3 aromatic rings. The Bertz CT molecular complexity index is 859. The first kappa shape index (κ1) is 11.4. The van der Waals surface area contributed by atoms with Gasteiger partial charge in [-0.2, -0.15) is 0 Å². The summed E-state index contributed by atoms with van der Waals surface area (Å²) in [6, 6.07) is 13.2. The van der Waals surface area contributed by atoms with E-state index in [-0.39, 0.29) is 5.82 Å². The molecule has 2 heterocycles. The molecule has 2 aromatic carbocycles. The lowest BCUT2D eigenvalue weighted by Crippen LogP contribution is -1.97. The summed E-state index contributed by atoms with van der Waals surface area (Å²) in [7, 11) is 0. The number of aryl methyl sites for hydroxylation is 1. The Labute approximate surface area is 116 Å². The first-order valence-electron chi connectivity index (χ1n) is 6.63. The van der Waals surface area contributed by atoms with Gasteiger partial charge in [-0.05, 0) is 54.4 Å². The third kappa shape index (κ3) is 1.59. The maximum Gasteiger partial charge on any atom is 0.125 e. The molecule has 3 heteroatoms. The lowest BCUT2D eigenvalue weighted by atomic mass is 10.1. The lowest BCUT2D eigenvalue weighted by molar-refractivity contribution is 0.626. The molecule has 0 saturated heterocycles. The Morgan fingerprint density at radius 2 is 2.05 bits per heavy atom. The first-order valence-corrected chi connectivity index (χ1v) is 6.63. The highest BCUT2D eigenvalue weighted by atomic mass is 19.1. The summed E-state index contributed by atoms with van der Waals surface area (Å²) in [6.07, 6.45) is 1.91. The minimum atomic E-state index is -0.216. The number of nitrogens with zero attached hydrogens (tertiary/aromatic N) is 2. The van der Waals surface area contributed by atoms with E-state index in [0.717, 1.165) is 29.0 Å². The van der Waals surface area contributed by atoms with Gasteiger partial charge in [0.05, 0.1) is 12.1 Å². The van der Waals surface area contributed by atoms with Crippen molar-refractivity contribution < 1.29 is 4.39 Å². The fourth-order valence-electron chi connectivity index (χ4n) is 2.91. The predicted octanol–water partition coefficient (Wildman–Crippen LogP) is 4.01. The van der Waals surface area contributed by atoms with Gasteiger partial charge in [-0.25, -0.2) is 4.39 Å². The van der Waals surface area contributed by atoms with Crippen LogP contribution in [0, 0.1) is 12.7 Å². The van der Waals surface area contributed by atoms with E-state index in [1.807, 2.05) is 19.2 Å². The molecule has 4 rings (SSSR count). The van der Waals surface area contributed by atoms with Gasteiger partial charge in [-0.15, -0.1) is 0 Å². The highest BCUT2D eigenvalue weighted by molar-refractivity contribution is 5.94. The standard InChI is InChI=1S/C17H13FN2/c1-11-5-12-6-13-9-19-10-14(13)7-17(12)20(11)16-4-2-3-15(18)8-16/h2-8,10H,9H2,1H3. The highest BCUT2D eigenvalue weighted by Gasteiger charge is 2.13. The normalized spacial score (nSPS) is 13.1.